The van der Waals surface area contributed by atoms with E-state index in [2.05, 4.69) is 10.3 Å². The lowest BCUT2D eigenvalue weighted by Crippen LogP contribution is -2.51. The number of hydrogen-bond donors (Lipinski definition) is 1. The van der Waals surface area contributed by atoms with Crippen LogP contribution < -0.4 is 5.32 Å². The Balaban J connectivity index is 1.64. The van der Waals surface area contributed by atoms with Gasteiger partial charge in [0.05, 0.1) is 11.2 Å². The van der Waals surface area contributed by atoms with Crippen LogP contribution in [-0.4, -0.2) is 43.2 Å². The third kappa shape index (κ3) is 4.89. The van der Waals surface area contributed by atoms with Gasteiger partial charge < -0.3 is 9.88 Å². The maximum atomic E-state index is 12.9. The van der Waals surface area contributed by atoms with Gasteiger partial charge in [-0.1, -0.05) is 43.9 Å². The van der Waals surface area contributed by atoms with Gasteiger partial charge in [-0.15, -0.1) is 11.3 Å². The number of nitrogens with one attached hydrogen (secondary N) is 1. The topological polar surface area (TPSA) is 67.2 Å². The highest BCUT2D eigenvalue weighted by molar-refractivity contribution is 8.26. The Labute approximate surface area is 178 Å². The summed E-state index contributed by atoms with van der Waals surface area (Å²) in [5.41, 5.74) is 0. The van der Waals surface area contributed by atoms with Gasteiger partial charge in [-0.2, -0.15) is 0 Å². The zero-order chi connectivity index (χ0) is 20.1. The fraction of sp³-hybridized carbons (Fsp3) is 0.368. The van der Waals surface area contributed by atoms with Gasteiger partial charge in [0.15, 0.2) is 0 Å². The standard InChI is InChI=1S/C19H22N4O2S3/c1-13(2)16(17(24)21-6-4-8-22-9-7-20-12-22)23-18(25)15(28-19(23)26)11-14-5-3-10-27-14/h3,5,7,9-13,16H,4,6,8H2,1-2H3,(H,21,24). The second-order valence-corrected chi connectivity index (χ2v) is 9.36. The highest BCUT2D eigenvalue weighted by Gasteiger charge is 2.41. The van der Waals surface area contributed by atoms with E-state index in [1.54, 1.807) is 23.9 Å². The van der Waals surface area contributed by atoms with E-state index in [0.717, 1.165) is 17.8 Å². The van der Waals surface area contributed by atoms with E-state index in [9.17, 15) is 9.59 Å². The third-order valence-electron chi connectivity index (χ3n) is 4.27. The van der Waals surface area contributed by atoms with Crippen molar-refractivity contribution >= 4 is 57.5 Å². The molecular formula is C19H22N4O2S3. The number of carbonyl (C=O) groups is 2. The van der Waals surface area contributed by atoms with E-state index in [1.807, 2.05) is 48.2 Å². The highest BCUT2D eigenvalue weighted by atomic mass is 32.2. The van der Waals surface area contributed by atoms with Crippen molar-refractivity contribution in [3.05, 3.63) is 46.0 Å². The van der Waals surface area contributed by atoms with Crippen molar-refractivity contribution < 1.29 is 9.59 Å². The molecule has 0 aromatic carbocycles. The average molecular weight is 435 g/mol. The third-order valence-corrected chi connectivity index (χ3v) is 6.42. The molecule has 1 saturated heterocycles. The number of rotatable bonds is 8. The number of hydrogen-bond acceptors (Lipinski definition) is 6. The number of imidazole rings is 1. The number of thioether (sulfide) groups is 1. The zero-order valence-electron chi connectivity index (χ0n) is 15.7. The summed E-state index contributed by atoms with van der Waals surface area (Å²) in [6.07, 6.45) is 7.98. The number of amides is 2. The van der Waals surface area contributed by atoms with Crippen molar-refractivity contribution in [1.82, 2.24) is 19.8 Å². The molecule has 0 radical (unpaired) electrons. The average Bonchev–Trinajstić information content (AvgIpc) is 3.39. The molecule has 9 heteroatoms. The van der Waals surface area contributed by atoms with Crippen LogP contribution >= 0.6 is 35.3 Å². The fourth-order valence-corrected chi connectivity index (χ4v) is 4.99. The van der Waals surface area contributed by atoms with Gasteiger partial charge in [0.2, 0.25) is 5.91 Å². The second kappa shape index (κ2) is 9.49. The van der Waals surface area contributed by atoms with Crippen molar-refractivity contribution in [2.75, 3.05) is 6.54 Å². The minimum atomic E-state index is -0.616. The Hall–Kier alpha value is -1.97. The molecule has 1 aliphatic heterocycles. The van der Waals surface area contributed by atoms with E-state index in [-0.39, 0.29) is 17.7 Å². The quantitative estimate of drug-likeness (QED) is 0.392. The molecule has 148 valence electrons. The maximum absolute atomic E-state index is 12.9. The fourth-order valence-electron chi connectivity index (χ4n) is 2.94. The molecule has 3 heterocycles. The molecule has 6 nitrogen and oxygen atoms in total. The van der Waals surface area contributed by atoms with Gasteiger partial charge in [0, 0.05) is 30.4 Å². The SMILES string of the molecule is CC(C)C(C(=O)NCCCn1ccnc1)N1C(=O)C(=Cc2cccs2)SC1=S. The summed E-state index contributed by atoms with van der Waals surface area (Å²) < 4.78 is 2.39. The maximum Gasteiger partial charge on any atom is 0.266 e. The molecule has 28 heavy (non-hydrogen) atoms. The molecule has 2 aromatic rings. The number of aryl methyl sites for hydroxylation is 1. The van der Waals surface area contributed by atoms with E-state index in [0.29, 0.717) is 15.8 Å². The Morgan fingerprint density at radius 3 is 2.89 bits per heavy atom. The van der Waals surface area contributed by atoms with Crippen molar-refractivity contribution in [2.24, 2.45) is 5.92 Å². The first-order chi connectivity index (χ1) is 13.5. The molecule has 1 fully saturated rings. The van der Waals surface area contributed by atoms with Gasteiger partial charge in [-0.05, 0) is 29.9 Å². The molecule has 2 amide bonds. The molecule has 0 spiro atoms. The first-order valence-electron chi connectivity index (χ1n) is 9.01. The minimum Gasteiger partial charge on any atom is -0.354 e. The van der Waals surface area contributed by atoms with Crippen LogP contribution in [0.2, 0.25) is 0 Å². The van der Waals surface area contributed by atoms with Crippen LogP contribution in [0.15, 0.2) is 41.1 Å². The number of carbonyl (C=O) groups excluding carboxylic acids is 2. The lowest BCUT2D eigenvalue weighted by Gasteiger charge is -2.29. The molecule has 0 saturated carbocycles. The Morgan fingerprint density at radius 1 is 1.43 bits per heavy atom. The van der Waals surface area contributed by atoms with Crippen LogP contribution in [-0.2, 0) is 16.1 Å². The summed E-state index contributed by atoms with van der Waals surface area (Å²) in [4.78, 5) is 32.8. The summed E-state index contributed by atoms with van der Waals surface area (Å²) in [6, 6.07) is 3.27. The Morgan fingerprint density at radius 2 is 2.25 bits per heavy atom. The van der Waals surface area contributed by atoms with Crippen LogP contribution in [0, 0.1) is 5.92 Å². The molecular weight excluding hydrogens is 412 g/mol. The van der Waals surface area contributed by atoms with E-state index in [4.69, 9.17) is 12.2 Å². The molecule has 1 atom stereocenters. The molecule has 2 aromatic heterocycles. The Kier molecular flexibility index (Phi) is 7.03. The number of aromatic nitrogens is 2. The van der Waals surface area contributed by atoms with Crippen LogP contribution in [0.3, 0.4) is 0 Å². The number of thiophene rings is 1. The normalized spacial score (nSPS) is 17.0. The van der Waals surface area contributed by atoms with Crippen molar-refractivity contribution in [3.8, 4) is 0 Å². The van der Waals surface area contributed by atoms with Crippen molar-refractivity contribution in [2.45, 2.75) is 32.9 Å². The number of nitrogens with zero attached hydrogens (tertiary/aromatic N) is 3. The smallest absolute Gasteiger partial charge is 0.266 e. The minimum absolute atomic E-state index is 0.0581. The van der Waals surface area contributed by atoms with E-state index in [1.165, 1.54) is 16.7 Å². The first kappa shape index (κ1) is 20.8. The molecule has 1 N–H and O–H groups in total. The van der Waals surface area contributed by atoms with Gasteiger partial charge in [-0.25, -0.2) is 4.98 Å². The summed E-state index contributed by atoms with van der Waals surface area (Å²) in [5, 5.41) is 4.91. The van der Waals surface area contributed by atoms with Crippen LogP contribution in [0.25, 0.3) is 6.08 Å². The summed E-state index contributed by atoms with van der Waals surface area (Å²) in [5.74, 6) is -0.429. The molecule has 3 rings (SSSR count). The molecule has 0 aliphatic carbocycles. The molecule has 0 bridgehead atoms. The van der Waals surface area contributed by atoms with E-state index < -0.39 is 6.04 Å². The highest BCUT2D eigenvalue weighted by Crippen LogP contribution is 2.36. The van der Waals surface area contributed by atoms with Crippen LogP contribution in [0.5, 0.6) is 0 Å². The predicted octanol–water partition coefficient (Wildman–Crippen LogP) is 3.38. The van der Waals surface area contributed by atoms with E-state index >= 15 is 0 Å². The molecule has 1 unspecified atom stereocenters. The molecule has 1 aliphatic rings. The van der Waals surface area contributed by atoms with Gasteiger partial charge in [0.1, 0.15) is 10.4 Å². The van der Waals surface area contributed by atoms with Gasteiger partial charge in [-0.3, -0.25) is 14.5 Å². The number of thiocarbonyl (C=S) groups is 1. The summed E-state index contributed by atoms with van der Waals surface area (Å²) in [7, 11) is 0. The lowest BCUT2D eigenvalue weighted by molar-refractivity contribution is -0.134. The zero-order valence-corrected chi connectivity index (χ0v) is 18.1. The van der Waals surface area contributed by atoms with Gasteiger partial charge in [0.25, 0.3) is 5.91 Å². The van der Waals surface area contributed by atoms with Crippen LogP contribution in [0.1, 0.15) is 25.1 Å². The predicted molar refractivity (Wildman–Crippen MR) is 118 cm³/mol. The Bertz CT molecular complexity index is 860. The first-order valence-corrected chi connectivity index (χ1v) is 11.1. The largest absolute Gasteiger partial charge is 0.354 e. The summed E-state index contributed by atoms with van der Waals surface area (Å²) >= 11 is 8.25. The van der Waals surface area contributed by atoms with Crippen LogP contribution in [0.4, 0.5) is 0 Å². The lowest BCUT2D eigenvalue weighted by atomic mass is 10.0. The van der Waals surface area contributed by atoms with Crippen molar-refractivity contribution in [3.63, 3.8) is 0 Å². The summed E-state index contributed by atoms with van der Waals surface area (Å²) in [6.45, 7) is 5.16. The second-order valence-electron chi connectivity index (χ2n) is 6.70. The van der Waals surface area contributed by atoms with Crippen molar-refractivity contribution in [1.29, 1.82) is 0 Å². The monoisotopic (exact) mass is 434 g/mol. The van der Waals surface area contributed by atoms with Gasteiger partial charge >= 0.3 is 0 Å².